The number of carboxylic acid groups (broad SMARTS) is 1. The van der Waals surface area contributed by atoms with E-state index in [1.54, 1.807) is 19.9 Å². The van der Waals surface area contributed by atoms with Crippen molar-refractivity contribution in [3.8, 4) is 0 Å². The standard InChI is InChI=1S/C14H20O5/c1-9(2)8-18-10(3)19-14(17)12-7-5-4-6-11(12)13(15)16/h6,10,12H,1,4-5,7-8H2,2-3H3,(H,15,16). The molecule has 0 aliphatic heterocycles. The molecular weight excluding hydrogens is 248 g/mol. The second kappa shape index (κ2) is 7.09. The molecule has 0 bridgehead atoms. The summed E-state index contributed by atoms with van der Waals surface area (Å²) in [6.07, 6.45) is 2.87. The fraction of sp³-hybridized carbons (Fsp3) is 0.571. The molecule has 2 atom stereocenters. The van der Waals surface area contributed by atoms with Gasteiger partial charge in [-0.3, -0.25) is 4.79 Å². The number of hydrogen-bond donors (Lipinski definition) is 1. The van der Waals surface area contributed by atoms with Crippen molar-refractivity contribution in [2.75, 3.05) is 6.61 Å². The molecule has 0 amide bonds. The number of aliphatic carboxylic acids is 1. The molecule has 5 heteroatoms. The number of allylic oxidation sites excluding steroid dienone is 1. The van der Waals surface area contributed by atoms with Crippen LogP contribution < -0.4 is 0 Å². The smallest absolute Gasteiger partial charge is 0.332 e. The first-order chi connectivity index (χ1) is 8.91. The average molecular weight is 268 g/mol. The van der Waals surface area contributed by atoms with Crippen LogP contribution in [0, 0.1) is 5.92 Å². The Hall–Kier alpha value is -1.62. The third-order valence-corrected chi connectivity index (χ3v) is 2.81. The molecule has 1 rings (SSSR count). The summed E-state index contributed by atoms with van der Waals surface area (Å²) in [4.78, 5) is 23.0. The fourth-order valence-corrected chi connectivity index (χ4v) is 1.90. The van der Waals surface area contributed by atoms with Crippen LogP contribution in [-0.4, -0.2) is 29.9 Å². The second-order valence-electron chi connectivity index (χ2n) is 4.72. The second-order valence-corrected chi connectivity index (χ2v) is 4.72. The molecule has 0 aromatic carbocycles. The first kappa shape index (κ1) is 15.4. The molecule has 2 unspecified atom stereocenters. The van der Waals surface area contributed by atoms with Gasteiger partial charge < -0.3 is 14.6 Å². The van der Waals surface area contributed by atoms with Crippen molar-refractivity contribution >= 4 is 11.9 Å². The number of esters is 1. The highest BCUT2D eigenvalue weighted by molar-refractivity contribution is 5.94. The molecule has 0 aromatic rings. The third kappa shape index (κ3) is 4.87. The first-order valence-corrected chi connectivity index (χ1v) is 6.31. The van der Waals surface area contributed by atoms with Gasteiger partial charge in [0.05, 0.1) is 12.5 Å². The maximum Gasteiger partial charge on any atom is 0.332 e. The molecule has 1 aliphatic rings. The van der Waals surface area contributed by atoms with Gasteiger partial charge in [0.25, 0.3) is 0 Å². The summed E-state index contributed by atoms with van der Waals surface area (Å²) >= 11 is 0. The van der Waals surface area contributed by atoms with E-state index in [1.807, 2.05) is 0 Å². The predicted octanol–water partition coefficient (Wildman–Crippen LogP) is 2.28. The summed E-state index contributed by atoms with van der Waals surface area (Å²) in [5.74, 6) is -2.29. The maximum atomic E-state index is 11.9. The van der Waals surface area contributed by atoms with E-state index in [0.29, 0.717) is 19.4 Å². The minimum absolute atomic E-state index is 0.128. The van der Waals surface area contributed by atoms with Crippen LogP contribution in [0.15, 0.2) is 23.8 Å². The van der Waals surface area contributed by atoms with Gasteiger partial charge in [-0.05, 0) is 33.1 Å². The van der Waals surface area contributed by atoms with Crippen LogP contribution in [0.25, 0.3) is 0 Å². The Kier molecular flexibility index (Phi) is 5.76. The van der Waals surface area contributed by atoms with Crippen LogP contribution in [0.2, 0.25) is 0 Å². The molecule has 0 saturated carbocycles. The summed E-state index contributed by atoms with van der Waals surface area (Å²) in [6.45, 7) is 7.40. The lowest BCUT2D eigenvalue weighted by molar-refractivity contribution is -0.177. The van der Waals surface area contributed by atoms with Gasteiger partial charge in [-0.2, -0.15) is 0 Å². The molecule has 1 N–H and O–H groups in total. The SMILES string of the molecule is C=C(C)COC(C)OC(=O)C1CCCC=C1C(=O)O. The van der Waals surface area contributed by atoms with Crippen molar-refractivity contribution in [1.82, 2.24) is 0 Å². The Morgan fingerprint density at radius 1 is 1.58 bits per heavy atom. The zero-order chi connectivity index (χ0) is 14.4. The van der Waals surface area contributed by atoms with Gasteiger partial charge in [0.2, 0.25) is 0 Å². The molecular formula is C14H20O5. The van der Waals surface area contributed by atoms with Crippen molar-refractivity contribution in [1.29, 1.82) is 0 Å². The van der Waals surface area contributed by atoms with Crippen LogP contribution >= 0.6 is 0 Å². The molecule has 0 heterocycles. The normalized spacial score (nSPS) is 20.3. The minimum Gasteiger partial charge on any atom is -0.478 e. The van der Waals surface area contributed by atoms with Crippen LogP contribution in [-0.2, 0) is 19.1 Å². The lowest BCUT2D eigenvalue weighted by Crippen LogP contribution is -2.29. The van der Waals surface area contributed by atoms with Crippen molar-refractivity contribution in [2.45, 2.75) is 39.4 Å². The van der Waals surface area contributed by atoms with E-state index >= 15 is 0 Å². The van der Waals surface area contributed by atoms with Crippen molar-refractivity contribution in [2.24, 2.45) is 5.92 Å². The number of ether oxygens (including phenoxy) is 2. The van der Waals surface area contributed by atoms with Gasteiger partial charge in [-0.1, -0.05) is 18.2 Å². The van der Waals surface area contributed by atoms with E-state index in [1.165, 1.54) is 0 Å². The third-order valence-electron chi connectivity index (χ3n) is 2.81. The molecule has 0 saturated heterocycles. The van der Waals surface area contributed by atoms with Crippen LogP contribution in [0.1, 0.15) is 33.1 Å². The number of hydrogen-bond acceptors (Lipinski definition) is 4. The van der Waals surface area contributed by atoms with Crippen LogP contribution in [0.3, 0.4) is 0 Å². The number of carbonyl (C=O) groups is 2. The Balaban J connectivity index is 2.56. The van der Waals surface area contributed by atoms with Crippen LogP contribution in [0.4, 0.5) is 0 Å². The number of carbonyl (C=O) groups excluding carboxylic acids is 1. The highest BCUT2D eigenvalue weighted by atomic mass is 16.7. The van der Waals surface area contributed by atoms with Crippen molar-refractivity contribution < 1.29 is 24.2 Å². The lowest BCUT2D eigenvalue weighted by atomic mass is 9.88. The molecule has 106 valence electrons. The summed E-state index contributed by atoms with van der Waals surface area (Å²) < 4.78 is 10.4. The van der Waals surface area contributed by atoms with E-state index in [-0.39, 0.29) is 5.57 Å². The lowest BCUT2D eigenvalue weighted by Gasteiger charge is -2.22. The topological polar surface area (TPSA) is 72.8 Å². The molecule has 1 aliphatic carbocycles. The highest BCUT2D eigenvalue weighted by Crippen LogP contribution is 2.26. The average Bonchev–Trinajstić information content (AvgIpc) is 2.36. The Morgan fingerprint density at radius 3 is 2.84 bits per heavy atom. The van der Waals surface area contributed by atoms with E-state index in [4.69, 9.17) is 14.6 Å². The molecule has 0 spiro atoms. The Bertz CT molecular complexity index is 397. The predicted molar refractivity (Wildman–Crippen MR) is 69.4 cm³/mol. The number of carboxylic acids is 1. The summed E-state index contributed by atoms with van der Waals surface area (Å²) in [5, 5.41) is 9.05. The van der Waals surface area contributed by atoms with Crippen LogP contribution in [0.5, 0.6) is 0 Å². The first-order valence-electron chi connectivity index (χ1n) is 6.31. The van der Waals surface area contributed by atoms with E-state index in [9.17, 15) is 9.59 Å². The van der Waals surface area contributed by atoms with E-state index in [2.05, 4.69) is 6.58 Å². The summed E-state index contributed by atoms with van der Waals surface area (Å²) in [7, 11) is 0. The fourth-order valence-electron chi connectivity index (χ4n) is 1.90. The van der Waals surface area contributed by atoms with Gasteiger partial charge in [-0.25, -0.2) is 4.79 Å². The maximum absolute atomic E-state index is 11.9. The van der Waals surface area contributed by atoms with E-state index < -0.39 is 24.1 Å². The molecule has 5 nitrogen and oxygen atoms in total. The Morgan fingerprint density at radius 2 is 2.26 bits per heavy atom. The Labute approximate surface area is 112 Å². The van der Waals surface area contributed by atoms with Gasteiger partial charge in [0, 0.05) is 5.57 Å². The monoisotopic (exact) mass is 268 g/mol. The highest BCUT2D eigenvalue weighted by Gasteiger charge is 2.31. The number of rotatable bonds is 6. The minimum atomic E-state index is -1.06. The van der Waals surface area contributed by atoms with Gasteiger partial charge in [0.1, 0.15) is 0 Å². The summed E-state index contributed by atoms with van der Waals surface area (Å²) in [5.41, 5.74) is 0.954. The zero-order valence-electron chi connectivity index (χ0n) is 11.3. The van der Waals surface area contributed by atoms with E-state index in [0.717, 1.165) is 12.0 Å². The molecule has 0 aromatic heterocycles. The van der Waals surface area contributed by atoms with Crippen molar-refractivity contribution in [3.63, 3.8) is 0 Å². The summed E-state index contributed by atoms with van der Waals surface area (Å²) in [6, 6.07) is 0. The molecule has 19 heavy (non-hydrogen) atoms. The molecule has 0 fully saturated rings. The zero-order valence-corrected chi connectivity index (χ0v) is 11.3. The largest absolute Gasteiger partial charge is 0.478 e. The van der Waals surface area contributed by atoms with Gasteiger partial charge in [-0.15, -0.1) is 0 Å². The van der Waals surface area contributed by atoms with Gasteiger partial charge in [0.15, 0.2) is 6.29 Å². The van der Waals surface area contributed by atoms with Gasteiger partial charge >= 0.3 is 11.9 Å². The quantitative estimate of drug-likeness (QED) is 0.454. The molecule has 0 radical (unpaired) electrons. The van der Waals surface area contributed by atoms with Crippen molar-refractivity contribution in [3.05, 3.63) is 23.8 Å².